The van der Waals surface area contributed by atoms with Crippen molar-refractivity contribution in [3.05, 3.63) is 22.5 Å². The van der Waals surface area contributed by atoms with Gasteiger partial charge in [-0.2, -0.15) is 0 Å². The molecule has 3 N–H and O–H groups in total. The first-order chi connectivity index (χ1) is 14.5. The highest BCUT2D eigenvalue weighted by atomic mass is 35.5. The van der Waals surface area contributed by atoms with Crippen molar-refractivity contribution in [2.24, 2.45) is 0 Å². The number of hydrogen-bond acceptors (Lipinski definition) is 5. The van der Waals surface area contributed by atoms with Gasteiger partial charge in [0.25, 0.3) is 5.89 Å². The third-order valence-electron chi connectivity index (χ3n) is 6.21. The zero-order valence-corrected chi connectivity index (χ0v) is 17.0. The van der Waals surface area contributed by atoms with E-state index >= 15 is 0 Å². The molecule has 0 bridgehead atoms. The first kappa shape index (κ1) is 19.6. The number of benzene rings is 1. The fourth-order valence-electron chi connectivity index (χ4n) is 4.76. The van der Waals surface area contributed by atoms with Crippen LogP contribution >= 0.6 is 11.6 Å². The van der Waals surface area contributed by atoms with Crippen LogP contribution in [0.25, 0.3) is 11.1 Å². The standard InChI is InChI=1S/C20H22ClFN4O4/c21-10-8-13-16(14-15(10)25-19(28)26-20(14)5-2-1-3-6-20)30-18(24-13)17(27)23-12-4-7-29-9-11(12)22/h8,11-12H,1-7,9H2,(H,23,27)(H2,25,26,28). The zero-order valence-electron chi connectivity index (χ0n) is 16.2. The summed E-state index contributed by atoms with van der Waals surface area (Å²) in [5, 5.41) is 8.81. The lowest BCUT2D eigenvalue weighted by Gasteiger charge is -2.42. The van der Waals surface area contributed by atoms with E-state index in [0.717, 1.165) is 37.7 Å². The van der Waals surface area contributed by atoms with E-state index in [4.69, 9.17) is 20.8 Å². The number of halogens is 2. The first-order valence-electron chi connectivity index (χ1n) is 10.2. The molecule has 2 fully saturated rings. The van der Waals surface area contributed by atoms with Crippen LogP contribution in [0.2, 0.25) is 5.02 Å². The SMILES string of the molecule is O=C1Nc2c(Cl)cc3nc(C(=O)NC4CCOCC4F)oc3c2C2(CCCCC2)N1. The molecule has 3 heterocycles. The maximum Gasteiger partial charge on any atom is 0.319 e. The number of amides is 3. The molecular weight excluding hydrogens is 415 g/mol. The number of oxazole rings is 1. The Balaban J connectivity index is 1.56. The molecule has 2 aliphatic heterocycles. The van der Waals surface area contributed by atoms with Gasteiger partial charge in [-0.25, -0.2) is 14.2 Å². The van der Waals surface area contributed by atoms with E-state index in [0.29, 0.717) is 34.8 Å². The fraction of sp³-hybridized carbons (Fsp3) is 0.550. The summed E-state index contributed by atoms with van der Waals surface area (Å²) >= 11 is 6.46. The number of ether oxygens (including phenoxy) is 1. The van der Waals surface area contributed by atoms with E-state index < -0.39 is 23.7 Å². The monoisotopic (exact) mass is 436 g/mol. The molecular formula is C20H22ClFN4O4. The zero-order chi connectivity index (χ0) is 20.9. The van der Waals surface area contributed by atoms with Gasteiger partial charge in [0.2, 0.25) is 0 Å². The van der Waals surface area contributed by atoms with Crippen LogP contribution in [0.4, 0.5) is 14.9 Å². The van der Waals surface area contributed by atoms with Crippen molar-refractivity contribution in [2.45, 2.75) is 56.3 Å². The number of carbonyl (C=O) groups excluding carboxylic acids is 2. The van der Waals surface area contributed by atoms with Crippen molar-refractivity contribution in [1.29, 1.82) is 0 Å². The Kier molecular flexibility index (Phi) is 4.82. The van der Waals surface area contributed by atoms with Gasteiger partial charge in [0.1, 0.15) is 11.7 Å². The van der Waals surface area contributed by atoms with Gasteiger partial charge in [0, 0.05) is 12.2 Å². The average molecular weight is 437 g/mol. The van der Waals surface area contributed by atoms with Crippen molar-refractivity contribution in [3.8, 4) is 0 Å². The molecule has 160 valence electrons. The van der Waals surface area contributed by atoms with Crippen molar-refractivity contribution in [2.75, 3.05) is 18.5 Å². The van der Waals surface area contributed by atoms with Gasteiger partial charge >= 0.3 is 11.9 Å². The van der Waals surface area contributed by atoms with Crippen LogP contribution in [0.15, 0.2) is 10.5 Å². The van der Waals surface area contributed by atoms with E-state index in [1.54, 1.807) is 6.07 Å². The highest BCUT2D eigenvalue weighted by Crippen LogP contribution is 2.48. The van der Waals surface area contributed by atoms with Crippen molar-refractivity contribution < 1.29 is 23.1 Å². The summed E-state index contributed by atoms with van der Waals surface area (Å²) in [7, 11) is 0. The van der Waals surface area contributed by atoms with Gasteiger partial charge in [0.05, 0.1) is 28.9 Å². The van der Waals surface area contributed by atoms with Crippen molar-refractivity contribution >= 4 is 40.3 Å². The summed E-state index contributed by atoms with van der Waals surface area (Å²) in [6, 6.07) is 0.617. The predicted molar refractivity (Wildman–Crippen MR) is 108 cm³/mol. The summed E-state index contributed by atoms with van der Waals surface area (Å²) in [5.41, 5.74) is 1.45. The van der Waals surface area contributed by atoms with Crippen LogP contribution in [0.5, 0.6) is 0 Å². The maximum absolute atomic E-state index is 14.0. The lowest BCUT2D eigenvalue weighted by atomic mass is 9.74. The van der Waals surface area contributed by atoms with Gasteiger partial charge in [-0.3, -0.25) is 4.79 Å². The number of rotatable bonds is 2. The number of hydrogen-bond donors (Lipinski definition) is 3. The van der Waals surface area contributed by atoms with E-state index in [-0.39, 0.29) is 18.5 Å². The van der Waals surface area contributed by atoms with Gasteiger partial charge < -0.3 is 25.1 Å². The molecule has 2 atom stereocenters. The number of aromatic nitrogens is 1. The van der Waals surface area contributed by atoms with Crippen LogP contribution in [0.3, 0.4) is 0 Å². The Morgan fingerprint density at radius 3 is 2.90 bits per heavy atom. The molecule has 3 amide bonds. The molecule has 1 aromatic carbocycles. The lowest BCUT2D eigenvalue weighted by Crippen LogP contribution is -2.52. The number of carbonyl (C=O) groups is 2. The Hall–Kier alpha value is -2.39. The number of alkyl halides is 1. The summed E-state index contributed by atoms with van der Waals surface area (Å²) in [6.45, 7) is 0.339. The first-order valence-corrected chi connectivity index (χ1v) is 10.6. The third-order valence-corrected chi connectivity index (χ3v) is 6.51. The second-order valence-electron chi connectivity index (χ2n) is 8.16. The van der Waals surface area contributed by atoms with E-state index in [2.05, 4.69) is 20.9 Å². The molecule has 30 heavy (non-hydrogen) atoms. The number of nitrogens with zero attached hydrogens (tertiary/aromatic N) is 1. The number of urea groups is 1. The normalized spacial score (nSPS) is 25.5. The minimum atomic E-state index is -1.28. The summed E-state index contributed by atoms with van der Waals surface area (Å²) in [4.78, 5) is 29.3. The smallest absolute Gasteiger partial charge is 0.319 e. The minimum Gasteiger partial charge on any atom is -0.432 e. The molecule has 1 aromatic heterocycles. The van der Waals surface area contributed by atoms with Crippen LogP contribution in [-0.2, 0) is 10.3 Å². The van der Waals surface area contributed by atoms with E-state index in [9.17, 15) is 14.0 Å². The second kappa shape index (κ2) is 7.39. The van der Waals surface area contributed by atoms with Gasteiger partial charge in [-0.15, -0.1) is 0 Å². The lowest BCUT2D eigenvalue weighted by molar-refractivity contribution is 0.0137. The topological polar surface area (TPSA) is 105 Å². The molecule has 1 aliphatic carbocycles. The molecule has 2 unspecified atom stereocenters. The van der Waals surface area contributed by atoms with Crippen LogP contribution < -0.4 is 16.0 Å². The highest BCUT2D eigenvalue weighted by Gasteiger charge is 2.44. The molecule has 8 nitrogen and oxygen atoms in total. The van der Waals surface area contributed by atoms with Crippen molar-refractivity contribution in [3.63, 3.8) is 0 Å². The average Bonchev–Trinajstić information content (AvgIpc) is 3.14. The van der Waals surface area contributed by atoms with Gasteiger partial charge in [-0.05, 0) is 25.3 Å². The maximum atomic E-state index is 14.0. The van der Waals surface area contributed by atoms with E-state index in [1.807, 2.05) is 0 Å². The molecule has 5 rings (SSSR count). The number of anilines is 1. The second-order valence-corrected chi connectivity index (χ2v) is 8.56. The van der Waals surface area contributed by atoms with Gasteiger partial charge in [-0.1, -0.05) is 30.9 Å². The fourth-order valence-corrected chi connectivity index (χ4v) is 5.01. The number of fused-ring (bicyclic) bond motifs is 4. The quantitative estimate of drug-likeness (QED) is 0.666. The molecule has 1 spiro atoms. The van der Waals surface area contributed by atoms with Crippen LogP contribution in [0.1, 0.15) is 54.8 Å². The summed E-state index contributed by atoms with van der Waals surface area (Å²) < 4.78 is 25.0. The van der Waals surface area contributed by atoms with Crippen LogP contribution in [0, 0.1) is 0 Å². The largest absolute Gasteiger partial charge is 0.432 e. The Morgan fingerprint density at radius 1 is 1.33 bits per heavy atom. The predicted octanol–water partition coefficient (Wildman–Crippen LogP) is 3.63. The molecule has 0 radical (unpaired) electrons. The third kappa shape index (κ3) is 3.20. The Morgan fingerprint density at radius 2 is 2.13 bits per heavy atom. The Labute approximate surface area is 176 Å². The highest BCUT2D eigenvalue weighted by molar-refractivity contribution is 6.35. The number of nitrogens with one attached hydrogen (secondary N) is 3. The molecule has 1 saturated heterocycles. The summed E-state index contributed by atoms with van der Waals surface area (Å²) in [5.74, 6) is -0.743. The van der Waals surface area contributed by atoms with Crippen LogP contribution in [-0.4, -0.2) is 42.3 Å². The van der Waals surface area contributed by atoms with E-state index in [1.165, 1.54) is 0 Å². The summed E-state index contributed by atoms with van der Waals surface area (Å²) in [6.07, 6.45) is 3.59. The minimum absolute atomic E-state index is 0.0461. The molecule has 1 saturated carbocycles. The molecule has 10 heteroatoms. The molecule has 3 aliphatic rings. The molecule has 2 aromatic rings. The van der Waals surface area contributed by atoms with Gasteiger partial charge in [0.15, 0.2) is 5.58 Å². The van der Waals surface area contributed by atoms with Crippen molar-refractivity contribution in [1.82, 2.24) is 15.6 Å². The Bertz CT molecular complexity index is 1020.